The van der Waals surface area contributed by atoms with Crippen molar-refractivity contribution in [1.82, 2.24) is 10.3 Å². The summed E-state index contributed by atoms with van der Waals surface area (Å²) in [6.45, 7) is 1.39. The van der Waals surface area contributed by atoms with Crippen molar-refractivity contribution in [1.29, 1.82) is 0 Å². The molecule has 19 heavy (non-hydrogen) atoms. The summed E-state index contributed by atoms with van der Waals surface area (Å²) >= 11 is 18.2. The fraction of sp³-hybridized carbons (Fsp3) is 0.214. The Morgan fingerprint density at radius 1 is 1.00 bits per heavy atom. The van der Waals surface area contributed by atoms with E-state index in [0.717, 1.165) is 24.2 Å². The minimum Gasteiger partial charge on any atom is -0.312 e. The molecule has 1 N–H and O–H groups in total. The van der Waals surface area contributed by atoms with Crippen molar-refractivity contribution >= 4 is 34.8 Å². The number of nitrogens with zero attached hydrogens (tertiary/aromatic N) is 1. The number of nitrogens with one attached hydrogen (secondary N) is 1. The summed E-state index contributed by atoms with van der Waals surface area (Å²) in [5.74, 6) is 0. The van der Waals surface area contributed by atoms with Gasteiger partial charge in [-0.05, 0) is 24.3 Å². The number of benzene rings is 1. The van der Waals surface area contributed by atoms with Crippen LogP contribution in [0.1, 0.15) is 11.3 Å². The van der Waals surface area contributed by atoms with Crippen molar-refractivity contribution in [3.8, 4) is 0 Å². The third-order valence-electron chi connectivity index (χ3n) is 2.72. The zero-order valence-electron chi connectivity index (χ0n) is 10.2. The maximum atomic E-state index is 6.13. The SMILES string of the molecule is Clc1ccc(Cl)c(CNCCc2ccccn2)c1Cl. The lowest BCUT2D eigenvalue weighted by atomic mass is 10.2. The Morgan fingerprint density at radius 2 is 1.79 bits per heavy atom. The first-order valence-electron chi connectivity index (χ1n) is 5.91. The van der Waals surface area contributed by atoms with Crippen LogP contribution in [0.15, 0.2) is 36.5 Å². The quantitative estimate of drug-likeness (QED) is 0.654. The van der Waals surface area contributed by atoms with Crippen LogP contribution in [-0.2, 0) is 13.0 Å². The standard InChI is InChI=1S/C14H13Cl3N2/c15-12-4-5-13(16)14(17)11(12)9-18-8-6-10-3-1-2-7-19-10/h1-5,7,18H,6,8-9H2. The molecule has 1 aromatic heterocycles. The molecule has 1 aromatic carbocycles. The second-order valence-corrected chi connectivity index (χ2v) is 5.26. The minimum atomic E-state index is 0.513. The number of halogens is 3. The maximum absolute atomic E-state index is 6.13. The lowest BCUT2D eigenvalue weighted by Gasteiger charge is -2.09. The van der Waals surface area contributed by atoms with Gasteiger partial charge in [-0.2, -0.15) is 0 Å². The molecule has 0 aliphatic carbocycles. The molecule has 2 rings (SSSR count). The van der Waals surface area contributed by atoms with Gasteiger partial charge in [0.15, 0.2) is 0 Å². The first kappa shape index (κ1) is 14.6. The van der Waals surface area contributed by atoms with Crippen LogP contribution in [0.25, 0.3) is 0 Å². The van der Waals surface area contributed by atoms with Crippen LogP contribution in [0.5, 0.6) is 0 Å². The van der Waals surface area contributed by atoms with Crippen LogP contribution in [0.3, 0.4) is 0 Å². The Morgan fingerprint density at radius 3 is 2.53 bits per heavy atom. The first-order chi connectivity index (χ1) is 9.18. The largest absolute Gasteiger partial charge is 0.312 e. The fourth-order valence-electron chi connectivity index (χ4n) is 1.71. The van der Waals surface area contributed by atoms with Crippen LogP contribution >= 0.6 is 34.8 Å². The van der Waals surface area contributed by atoms with Crippen LogP contribution in [0.4, 0.5) is 0 Å². The molecule has 0 saturated heterocycles. The molecular weight excluding hydrogens is 303 g/mol. The average molecular weight is 316 g/mol. The smallest absolute Gasteiger partial charge is 0.0652 e. The molecule has 0 spiro atoms. The number of hydrogen-bond donors (Lipinski definition) is 1. The Balaban J connectivity index is 1.88. The topological polar surface area (TPSA) is 24.9 Å². The van der Waals surface area contributed by atoms with E-state index in [4.69, 9.17) is 34.8 Å². The number of pyridine rings is 1. The lowest BCUT2D eigenvalue weighted by molar-refractivity contribution is 0.680. The highest BCUT2D eigenvalue weighted by atomic mass is 35.5. The van der Waals surface area contributed by atoms with E-state index in [0.29, 0.717) is 21.6 Å². The lowest BCUT2D eigenvalue weighted by Crippen LogP contribution is -2.17. The zero-order valence-corrected chi connectivity index (χ0v) is 12.4. The van der Waals surface area contributed by atoms with Crippen molar-refractivity contribution in [2.75, 3.05) is 6.54 Å². The number of hydrogen-bond acceptors (Lipinski definition) is 2. The van der Waals surface area contributed by atoms with Crippen molar-refractivity contribution in [3.05, 3.63) is 62.9 Å². The molecule has 0 saturated carbocycles. The molecule has 0 amide bonds. The van der Waals surface area contributed by atoms with E-state index in [1.165, 1.54) is 0 Å². The molecule has 0 atom stereocenters. The summed E-state index contributed by atoms with van der Waals surface area (Å²) in [6.07, 6.45) is 2.65. The van der Waals surface area contributed by atoms with Crippen molar-refractivity contribution < 1.29 is 0 Å². The summed E-state index contributed by atoms with van der Waals surface area (Å²) in [5.41, 5.74) is 1.88. The Labute approximate surface area is 127 Å². The molecule has 0 aliphatic heterocycles. The van der Waals surface area contributed by atoms with E-state index in [1.807, 2.05) is 18.2 Å². The Hall–Kier alpha value is -0.800. The molecule has 0 bridgehead atoms. The van der Waals surface area contributed by atoms with E-state index in [2.05, 4.69) is 10.3 Å². The van der Waals surface area contributed by atoms with Gasteiger partial charge in [0.25, 0.3) is 0 Å². The molecule has 100 valence electrons. The second-order valence-electron chi connectivity index (χ2n) is 4.07. The molecule has 0 unspecified atom stereocenters. The first-order valence-corrected chi connectivity index (χ1v) is 7.05. The van der Waals surface area contributed by atoms with Crippen molar-refractivity contribution in [2.24, 2.45) is 0 Å². The minimum absolute atomic E-state index is 0.513. The Bertz CT molecular complexity index is 544. The van der Waals surface area contributed by atoms with Gasteiger partial charge in [-0.25, -0.2) is 0 Å². The summed E-state index contributed by atoms with van der Waals surface area (Å²) < 4.78 is 0. The molecule has 0 fully saturated rings. The molecule has 2 aromatic rings. The molecule has 5 heteroatoms. The predicted octanol–water partition coefficient (Wildman–Crippen LogP) is 4.37. The van der Waals surface area contributed by atoms with E-state index >= 15 is 0 Å². The van der Waals surface area contributed by atoms with Gasteiger partial charge in [-0.15, -0.1) is 0 Å². The van der Waals surface area contributed by atoms with Gasteiger partial charge in [0.05, 0.1) is 10.0 Å². The van der Waals surface area contributed by atoms with Crippen molar-refractivity contribution in [3.63, 3.8) is 0 Å². The van der Waals surface area contributed by atoms with Crippen molar-refractivity contribution in [2.45, 2.75) is 13.0 Å². The van der Waals surface area contributed by atoms with E-state index in [9.17, 15) is 0 Å². The number of rotatable bonds is 5. The van der Waals surface area contributed by atoms with Gasteiger partial charge in [-0.1, -0.05) is 40.9 Å². The van der Waals surface area contributed by atoms with Crippen LogP contribution in [0.2, 0.25) is 15.1 Å². The van der Waals surface area contributed by atoms with Gasteiger partial charge < -0.3 is 5.32 Å². The van der Waals surface area contributed by atoms with Crippen LogP contribution in [0, 0.1) is 0 Å². The van der Waals surface area contributed by atoms with Gasteiger partial charge >= 0.3 is 0 Å². The van der Waals surface area contributed by atoms with E-state index < -0.39 is 0 Å². The van der Waals surface area contributed by atoms with Gasteiger partial charge in [0.1, 0.15) is 0 Å². The maximum Gasteiger partial charge on any atom is 0.0652 e. The van der Waals surface area contributed by atoms with Crippen LogP contribution < -0.4 is 5.32 Å². The highest BCUT2D eigenvalue weighted by molar-refractivity contribution is 6.44. The average Bonchev–Trinajstić information content (AvgIpc) is 2.43. The summed E-state index contributed by atoms with van der Waals surface area (Å²) in [5, 5.41) is 4.95. The van der Waals surface area contributed by atoms with Gasteiger partial charge in [0, 0.05) is 42.0 Å². The number of aromatic nitrogens is 1. The normalized spacial score (nSPS) is 10.7. The molecule has 0 aliphatic rings. The second kappa shape index (κ2) is 7.11. The third-order valence-corrected chi connectivity index (χ3v) is 3.92. The molecular formula is C14H13Cl3N2. The van der Waals surface area contributed by atoms with E-state index in [-0.39, 0.29) is 0 Å². The van der Waals surface area contributed by atoms with E-state index in [1.54, 1.807) is 18.3 Å². The third kappa shape index (κ3) is 4.08. The highest BCUT2D eigenvalue weighted by Gasteiger charge is 2.08. The summed E-state index contributed by atoms with van der Waals surface area (Å²) in [4.78, 5) is 4.26. The molecule has 0 radical (unpaired) electrons. The summed E-state index contributed by atoms with van der Waals surface area (Å²) in [7, 11) is 0. The van der Waals surface area contributed by atoms with Crippen LogP contribution in [-0.4, -0.2) is 11.5 Å². The predicted molar refractivity (Wildman–Crippen MR) is 81.1 cm³/mol. The van der Waals surface area contributed by atoms with Gasteiger partial charge in [0.2, 0.25) is 0 Å². The molecule has 2 nitrogen and oxygen atoms in total. The highest BCUT2D eigenvalue weighted by Crippen LogP contribution is 2.31. The monoisotopic (exact) mass is 314 g/mol. The molecule has 1 heterocycles. The van der Waals surface area contributed by atoms with Gasteiger partial charge in [-0.3, -0.25) is 4.98 Å². The summed E-state index contributed by atoms with van der Waals surface area (Å²) in [6, 6.07) is 9.34. The Kier molecular flexibility index (Phi) is 5.46. The zero-order chi connectivity index (χ0) is 13.7. The fourth-order valence-corrected chi connectivity index (χ4v) is 2.39.